The first-order valence-corrected chi connectivity index (χ1v) is 7.67. The molecule has 2 N–H and O–H groups in total. The molecule has 0 aliphatic rings. The number of hydrogen-bond donors (Lipinski definition) is 2. The second kappa shape index (κ2) is 8.68. The van der Waals surface area contributed by atoms with Crippen LogP contribution in [0.15, 0.2) is 54.7 Å². The normalized spacial score (nSPS) is 11.5. The number of nitrogens with one attached hydrogen (secondary N) is 2. The van der Waals surface area contributed by atoms with E-state index >= 15 is 0 Å². The van der Waals surface area contributed by atoms with E-state index in [0.717, 1.165) is 11.3 Å². The molecule has 2 aromatic rings. The maximum Gasteiger partial charge on any atom is 0.309 e. The van der Waals surface area contributed by atoms with Gasteiger partial charge >= 0.3 is 11.8 Å². The summed E-state index contributed by atoms with van der Waals surface area (Å²) in [4.78, 5) is 27.7. The second-order valence-electron chi connectivity index (χ2n) is 5.35. The van der Waals surface area contributed by atoms with E-state index in [1.165, 1.54) is 0 Å². The number of hydrogen-bond acceptors (Lipinski definition) is 3. The molecule has 1 atom stereocenters. The number of rotatable bonds is 6. The molecule has 1 aromatic carbocycles. The highest BCUT2D eigenvalue weighted by atomic mass is 16.2. The zero-order valence-electron chi connectivity index (χ0n) is 13.2. The van der Waals surface area contributed by atoms with Gasteiger partial charge in [0.15, 0.2) is 0 Å². The van der Waals surface area contributed by atoms with E-state index in [4.69, 9.17) is 0 Å². The van der Waals surface area contributed by atoms with Crippen molar-refractivity contribution in [3.8, 4) is 0 Å². The molecule has 5 nitrogen and oxygen atoms in total. The lowest BCUT2D eigenvalue weighted by Gasteiger charge is -2.12. The maximum atomic E-state index is 11.8. The second-order valence-corrected chi connectivity index (χ2v) is 5.35. The average molecular weight is 311 g/mol. The van der Waals surface area contributed by atoms with Crippen LogP contribution in [0.2, 0.25) is 0 Å². The number of pyridine rings is 1. The van der Waals surface area contributed by atoms with Gasteiger partial charge in [0.25, 0.3) is 0 Å². The van der Waals surface area contributed by atoms with Crippen LogP contribution in [-0.2, 0) is 16.0 Å². The predicted molar refractivity (Wildman–Crippen MR) is 88.8 cm³/mol. The lowest BCUT2D eigenvalue weighted by atomic mass is 10.0. The van der Waals surface area contributed by atoms with Crippen molar-refractivity contribution in [1.29, 1.82) is 0 Å². The Kier molecular flexibility index (Phi) is 6.29. The van der Waals surface area contributed by atoms with Crippen LogP contribution in [0.3, 0.4) is 0 Å². The fraction of sp³-hybridized carbons (Fsp3) is 0.278. The topological polar surface area (TPSA) is 71.1 Å². The number of benzene rings is 1. The van der Waals surface area contributed by atoms with Crippen molar-refractivity contribution in [2.45, 2.75) is 19.3 Å². The minimum absolute atomic E-state index is 0.154. The summed E-state index contributed by atoms with van der Waals surface area (Å²) in [6.45, 7) is 2.82. The Bertz CT molecular complexity index is 629. The van der Waals surface area contributed by atoms with E-state index in [0.29, 0.717) is 19.5 Å². The average Bonchev–Trinajstić information content (AvgIpc) is 2.61. The Morgan fingerprint density at radius 1 is 1.00 bits per heavy atom. The summed E-state index contributed by atoms with van der Waals surface area (Å²) in [5.41, 5.74) is 2.01. The minimum Gasteiger partial charge on any atom is -0.347 e. The summed E-state index contributed by atoms with van der Waals surface area (Å²) in [6, 6.07) is 15.5. The number of carbonyl (C=O) groups excluding carboxylic acids is 2. The molecule has 2 amide bonds. The van der Waals surface area contributed by atoms with Gasteiger partial charge in [0.05, 0.1) is 0 Å². The third kappa shape index (κ3) is 5.54. The fourth-order valence-electron chi connectivity index (χ4n) is 2.16. The molecule has 0 unspecified atom stereocenters. The Morgan fingerprint density at radius 2 is 1.70 bits per heavy atom. The Labute approximate surface area is 136 Å². The molecule has 0 aliphatic carbocycles. The molecule has 5 heteroatoms. The molecule has 1 heterocycles. The molecule has 0 radical (unpaired) electrons. The third-order valence-corrected chi connectivity index (χ3v) is 3.54. The van der Waals surface area contributed by atoms with Gasteiger partial charge in [0.1, 0.15) is 0 Å². The third-order valence-electron chi connectivity index (χ3n) is 3.54. The van der Waals surface area contributed by atoms with E-state index < -0.39 is 11.8 Å². The van der Waals surface area contributed by atoms with Gasteiger partial charge in [-0.1, -0.05) is 43.3 Å². The van der Waals surface area contributed by atoms with Crippen LogP contribution in [0.1, 0.15) is 24.1 Å². The van der Waals surface area contributed by atoms with Crippen molar-refractivity contribution < 1.29 is 9.59 Å². The molecule has 0 saturated carbocycles. The van der Waals surface area contributed by atoms with Gasteiger partial charge in [-0.05, 0) is 23.6 Å². The number of amides is 2. The Balaban J connectivity index is 1.69. The van der Waals surface area contributed by atoms with Crippen molar-refractivity contribution in [2.24, 2.45) is 0 Å². The van der Waals surface area contributed by atoms with Crippen LogP contribution in [0, 0.1) is 0 Å². The van der Waals surface area contributed by atoms with Crippen molar-refractivity contribution in [3.63, 3.8) is 0 Å². The van der Waals surface area contributed by atoms with Crippen LogP contribution >= 0.6 is 0 Å². The Morgan fingerprint density at radius 3 is 2.39 bits per heavy atom. The molecule has 0 spiro atoms. The van der Waals surface area contributed by atoms with Crippen LogP contribution in [0.25, 0.3) is 0 Å². The van der Waals surface area contributed by atoms with Crippen molar-refractivity contribution in [1.82, 2.24) is 15.6 Å². The van der Waals surface area contributed by atoms with Gasteiger partial charge in [-0.15, -0.1) is 0 Å². The highest BCUT2D eigenvalue weighted by Gasteiger charge is 2.14. The summed E-state index contributed by atoms with van der Waals surface area (Å²) >= 11 is 0. The molecule has 1 aromatic heterocycles. The molecule has 23 heavy (non-hydrogen) atoms. The smallest absolute Gasteiger partial charge is 0.309 e. The summed E-state index contributed by atoms with van der Waals surface area (Å²) in [6.07, 6.45) is 2.30. The molecular weight excluding hydrogens is 290 g/mol. The molecule has 120 valence electrons. The summed E-state index contributed by atoms with van der Waals surface area (Å²) in [7, 11) is 0. The van der Waals surface area contributed by atoms with Gasteiger partial charge in [0.2, 0.25) is 0 Å². The van der Waals surface area contributed by atoms with Crippen molar-refractivity contribution >= 4 is 11.8 Å². The van der Waals surface area contributed by atoms with Crippen molar-refractivity contribution in [3.05, 3.63) is 66.0 Å². The molecule has 0 saturated heterocycles. The van der Waals surface area contributed by atoms with E-state index in [1.807, 2.05) is 55.5 Å². The zero-order chi connectivity index (χ0) is 16.5. The summed E-state index contributed by atoms with van der Waals surface area (Å²) < 4.78 is 0. The minimum atomic E-state index is -0.610. The van der Waals surface area contributed by atoms with Gasteiger partial charge in [-0.25, -0.2) is 0 Å². The molecule has 0 bridgehead atoms. The lowest BCUT2D eigenvalue weighted by molar-refractivity contribution is -0.139. The standard InChI is InChI=1S/C18H21N3O2/c1-14(15-7-3-2-4-8-15)13-21-18(23)17(22)20-12-10-16-9-5-6-11-19-16/h2-9,11,14H,10,12-13H2,1H3,(H,20,22)(H,21,23)/t14-/m0/s1. The Hall–Kier alpha value is -2.69. The van der Waals surface area contributed by atoms with Crippen LogP contribution < -0.4 is 10.6 Å². The number of aromatic nitrogens is 1. The van der Waals surface area contributed by atoms with E-state index in [-0.39, 0.29) is 5.92 Å². The fourth-order valence-corrected chi connectivity index (χ4v) is 2.16. The van der Waals surface area contributed by atoms with E-state index in [1.54, 1.807) is 6.20 Å². The summed E-state index contributed by atoms with van der Waals surface area (Å²) in [5.74, 6) is -1.06. The molecular formula is C18H21N3O2. The van der Waals surface area contributed by atoms with E-state index in [9.17, 15) is 9.59 Å². The molecule has 0 fully saturated rings. The van der Waals surface area contributed by atoms with Crippen LogP contribution in [0.4, 0.5) is 0 Å². The predicted octanol–water partition coefficient (Wildman–Crippen LogP) is 1.66. The summed E-state index contributed by atoms with van der Waals surface area (Å²) in [5, 5.41) is 5.27. The monoisotopic (exact) mass is 311 g/mol. The van der Waals surface area contributed by atoms with Gasteiger partial charge in [-0.3, -0.25) is 14.6 Å². The highest BCUT2D eigenvalue weighted by molar-refractivity contribution is 6.35. The largest absolute Gasteiger partial charge is 0.347 e. The zero-order valence-corrected chi connectivity index (χ0v) is 13.2. The van der Waals surface area contributed by atoms with Crippen molar-refractivity contribution in [2.75, 3.05) is 13.1 Å². The molecule has 2 rings (SSSR count). The van der Waals surface area contributed by atoms with Gasteiger partial charge in [-0.2, -0.15) is 0 Å². The van der Waals surface area contributed by atoms with Gasteiger partial charge < -0.3 is 10.6 Å². The van der Waals surface area contributed by atoms with E-state index in [2.05, 4.69) is 15.6 Å². The first kappa shape index (κ1) is 16.7. The SMILES string of the molecule is C[C@@H](CNC(=O)C(=O)NCCc1ccccn1)c1ccccc1. The van der Waals surface area contributed by atoms with Crippen LogP contribution in [-0.4, -0.2) is 29.9 Å². The lowest BCUT2D eigenvalue weighted by Crippen LogP contribution is -2.41. The number of nitrogens with zero attached hydrogens (tertiary/aromatic N) is 1. The van der Waals surface area contributed by atoms with Crippen LogP contribution in [0.5, 0.6) is 0 Å². The maximum absolute atomic E-state index is 11.8. The number of carbonyl (C=O) groups is 2. The quantitative estimate of drug-likeness (QED) is 0.797. The van der Waals surface area contributed by atoms with Gasteiger partial charge in [0, 0.05) is 31.4 Å². The first-order chi connectivity index (χ1) is 11.2. The molecule has 0 aliphatic heterocycles. The highest BCUT2D eigenvalue weighted by Crippen LogP contribution is 2.12. The first-order valence-electron chi connectivity index (χ1n) is 7.67.